The largest absolute Gasteiger partial charge is 0.312 e. The van der Waals surface area contributed by atoms with Gasteiger partial charge in [0.2, 0.25) is 0 Å². The van der Waals surface area contributed by atoms with E-state index in [2.05, 4.69) is 51.3 Å². The van der Waals surface area contributed by atoms with E-state index < -0.39 is 0 Å². The lowest BCUT2D eigenvalue weighted by Gasteiger charge is -2.39. The second kappa shape index (κ2) is 6.59. The molecule has 2 nitrogen and oxygen atoms in total. The fourth-order valence-electron chi connectivity index (χ4n) is 3.71. The van der Waals surface area contributed by atoms with Gasteiger partial charge in [-0.1, -0.05) is 34.5 Å². The van der Waals surface area contributed by atoms with E-state index in [9.17, 15) is 0 Å². The first kappa shape index (κ1) is 14.6. The molecule has 3 rings (SSSR count). The summed E-state index contributed by atoms with van der Waals surface area (Å²) in [5.41, 5.74) is 2.76. The molecule has 0 aromatic heterocycles. The molecule has 0 amide bonds. The number of hydrogen-bond donors (Lipinski definition) is 1. The van der Waals surface area contributed by atoms with Crippen LogP contribution in [-0.4, -0.2) is 30.1 Å². The molecule has 2 atom stereocenters. The second-order valence-corrected chi connectivity index (χ2v) is 7.19. The van der Waals surface area contributed by atoms with Crippen molar-refractivity contribution in [3.8, 4) is 0 Å². The van der Waals surface area contributed by atoms with Gasteiger partial charge in [0, 0.05) is 23.1 Å². The van der Waals surface area contributed by atoms with Gasteiger partial charge < -0.3 is 5.32 Å². The van der Waals surface area contributed by atoms with Crippen LogP contribution in [0.15, 0.2) is 22.7 Å². The molecule has 0 aliphatic carbocycles. The summed E-state index contributed by atoms with van der Waals surface area (Å²) in [6.07, 6.45) is 6.82. The molecule has 110 valence electrons. The molecular formula is C17H25BrN2. The molecule has 0 radical (unpaired) electrons. The Bertz CT molecular complexity index is 454. The average Bonchev–Trinajstić information content (AvgIpc) is 2.96. The quantitative estimate of drug-likeness (QED) is 0.901. The van der Waals surface area contributed by atoms with Gasteiger partial charge in [-0.15, -0.1) is 0 Å². The van der Waals surface area contributed by atoms with Crippen LogP contribution in [0.1, 0.15) is 43.2 Å². The molecule has 2 aliphatic rings. The van der Waals surface area contributed by atoms with Crippen LogP contribution in [0, 0.1) is 6.92 Å². The molecule has 0 bridgehead atoms. The van der Waals surface area contributed by atoms with Crippen molar-refractivity contribution in [1.82, 2.24) is 10.2 Å². The predicted molar refractivity (Wildman–Crippen MR) is 88.0 cm³/mol. The number of likely N-dealkylation sites (tertiary alicyclic amines) is 1. The number of nitrogens with zero attached hydrogens (tertiary/aromatic N) is 1. The van der Waals surface area contributed by atoms with Crippen molar-refractivity contribution in [3.05, 3.63) is 33.8 Å². The maximum Gasteiger partial charge on any atom is 0.0252 e. The maximum atomic E-state index is 3.74. The molecule has 2 fully saturated rings. The van der Waals surface area contributed by atoms with Crippen LogP contribution in [-0.2, 0) is 6.54 Å². The first-order valence-corrected chi connectivity index (χ1v) is 8.76. The summed E-state index contributed by atoms with van der Waals surface area (Å²) in [5, 5.41) is 3.71. The van der Waals surface area contributed by atoms with Gasteiger partial charge in [0.1, 0.15) is 0 Å². The molecule has 3 heteroatoms. The lowest BCUT2D eigenvalue weighted by atomic mass is 9.94. The van der Waals surface area contributed by atoms with Gasteiger partial charge in [0.25, 0.3) is 0 Å². The van der Waals surface area contributed by atoms with Crippen LogP contribution in [0.3, 0.4) is 0 Å². The van der Waals surface area contributed by atoms with Gasteiger partial charge in [0.15, 0.2) is 0 Å². The minimum atomic E-state index is 0.722. The molecule has 2 unspecified atom stereocenters. The van der Waals surface area contributed by atoms with Gasteiger partial charge in [-0.2, -0.15) is 0 Å². The van der Waals surface area contributed by atoms with Gasteiger partial charge in [-0.05, 0) is 62.9 Å². The van der Waals surface area contributed by atoms with Crippen LogP contribution < -0.4 is 5.32 Å². The van der Waals surface area contributed by atoms with E-state index in [1.54, 1.807) is 0 Å². The molecule has 2 heterocycles. The van der Waals surface area contributed by atoms with Crippen molar-refractivity contribution in [2.45, 2.75) is 57.7 Å². The van der Waals surface area contributed by atoms with Crippen molar-refractivity contribution in [3.63, 3.8) is 0 Å². The zero-order chi connectivity index (χ0) is 13.9. The highest BCUT2D eigenvalue weighted by atomic mass is 79.9. The lowest BCUT2D eigenvalue weighted by Crippen LogP contribution is -2.49. The number of hydrogen-bond acceptors (Lipinski definition) is 2. The number of halogens is 1. The third-order valence-corrected chi connectivity index (χ3v) is 5.55. The van der Waals surface area contributed by atoms with Crippen LogP contribution in [0.2, 0.25) is 0 Å². The third-order valence-electron chi connectivity index (χ3n) is 4.81. The summed E-state index contributed by atoms with van der Waals surface area (Å²) in [7, 11) is 0. The number of benzene rings is 1. The van der Waals surface area contributed by atoms with E-state index in [0.29, 0.717) is 0 Å². The molecule has 20 heavy (non-hydrogen) atoms. The normalized spacial score (nSPS) is 27.9. The predicted octanol–water partition coefficient (Wildman–Crippen LogP) is 3.86. The summed E-state index contributed by atoms with van der Waals surface area (Å²) >= 11 is 3.74. The Morgan fingerprint density at radius 2 is 2.15 bits per heavy atom. The van der Waals surface area contributed by atoms with Crippen molar-refractivity contribution < 1.29 is 0 Å². The highest BCUT2D eigenvalue weighted by Crippen LogP contribution is 2.28. The van der Waals surface area contributed by atoms with E-state index in [-0.39, 0.29) is 0 Å². The summed E-state index contributed by atoms with van der Waals surface area (Å²) in [6, 6.07) is 8.21. The number of nitrogens with one attached hydrogen (secondary N) is 1. The maximum absolute atomic E-state index is 3.74. The summed E-state index contributed by atoms with van der Waals surface area (Å²) in [5.74, 6) is 0. The molecule has 0 spiro atoms. The first-order chi connectivity index (χ1) is 9.74. The van der Waals surface area contributed by atoms with Gasteiger partial charge in [-0.3, -0.25) is 4.90 Å². The van der Waals surface area contributed by atoms with Crippen LogP contribution >= 0.6 is 15.9 Å². The molecule has 1 aromatic rings. The van der Waals surface area contributed by atoms with Crippen LogP contribution in [0.4, 0.5) is 0 Å². The fourth-order valence-corrected chi connectivity index (χ4v) is 4.33. The third kappa shape index (κ3) is 3.26. The first-order valence-electron chi connectivity index (χ1n) is 7.96. The van der Waals surface area contributed by atoms with Crippen molar-refractivity contribution >= 4 is 15.9 Å². The minimum Gasteiger partial charge on any atom is -0.312 e. The van der Waals surface area contributed by atoms with Gasteiger partial charge in [0.05, 0.1) is 0 Å². The molecule has 2 aliphatic heterocycles. The Morgan fingerprint density at radius 1 is 1.25 bits per heavy atom. The molecule has 0 saturated carbocycles. The highest BCUT2D eigenvalue weighted by molar-refractivity contribution is 9.10. The summed E-state index contributed by atoms with van der Waals surface area (Å²) in [4.78, 5) is 2.71. The molecule has 1 N–H and O–H groups in total. The number of aryl methyl sites for hydroxylation is 1. The van der Waals surface area contributed by atoms with Gasteiger partial charge in [-0.25, -0.2) is 0 Å². The molecular weight excluding hydrogens is 312 g/mol. The average molecular weight is 337 g/mol. The number of rotatable bonds is 3. The SMILES string of the molecule is Cc1ccc(CN2CCCCC2C2CCCN2)c(Br)c1. The Balaban J connectivity index is 1.72. The van der Waals surface area contributed by atoms with Crippen LogP contribution in [0.25, 0.3) is 0 Å². The zero-order valence-corrected chi connectivity index (χ0v) is 14.0. The Labute approximate surface area is 131 Å². The second-order valence-electron chi connectivity index (χ2n) is 6.33. The summed E-state index contributed by atoms with van der Waals surface area (Å²) < 4.78 is 1.27. The lowest BCUT2D eigenvalue weighted by molar-refractivity contribution is 0.112. The van der Waals surface area contributed by atoms with Crippen molar-refractivity contribution in [2.75, 3.05) is 13.1 Å². The Kier molecular flexibility index (Phi) is 4.79. The smallest absolute Gasteiger partial charge is 0.0252 e. The standard InChI is InChI=1S/C17H25BrN2/c1-13-7-8-14(15(18)11-13)12-20-10-3-2-6-17(20)16-5-4-9-19-16/h7-8,11,16-17,19H,2-6,9-10,12H2,1H3. The van der Waals surface area contributed by atoms with Crippen molar-refractivity contribution in [2.24, 2.45) is 0 Å². The van der Waals surface area contributed by atoms with E-state index >= 15 is 0 Å². The van der Waals surface area contributed by atoms with Gasteiger partial charge >= 0.3 is 0 Å². The fraction of sp³-hybridized carbons (Fsp3) is 0.647. The monoisotopic (exact) mass is 336 g/mol. The Morgan fingerprint density at radius 3 is 2.90 bits per heavy atom. The van der Waals surface area contributed by atoms with Crippen molar-refractivity contribution in [1.29, 1.82) is 0 Å². The van der Waals surface area contributed by atoms with E-state index in [4.69, 9.17) is 0 Å². The topological polar surface area (TPSA) is 15.3 Å². The number of piperidine rings is 1. The highest BCUT2D eigenvalue weighted by Gasteiger charge is 2.31. The molecule has 1 aromatic carbocycles. The summed E-state index contributed by atoms with van der Waals surface area (Å²) in [6.45, 7) is 5.71. The van der Waals surface area contributed by atoms with Crippen LogP contribution in [0.5, 0.6) is 0 Å². The zero-order valence-electron chi connectivity index (χ0n) is 12.4. The van der Waals surface area contributed by atoms with E-state index in [1.807, 2.05) is 0 Å². The van der Waals surface area contributed by atoms with E-state index in [1.165, 1.54) is 60.8 Å². The minimum absolute atomic E-state index is 0.722. The van der Waals surface area contributed by atoms with E-state index in [0.717, 1.165) is 18.6 Å². The Hall–Kier alpha value is -0.380. The molecule has 2 saturated heterocycles.